The van der Waals surface area contributed by atoms with Gasteiger partial charge in [-0.05, 0) is 26.3 Å². The van der Waals surface area contributed by atoms with Gasteiger partial charge in [0.1, 0.15) is 0 Å². The van der Waals surface area contributed by atoms with Crippen LogP contribution in [-0.2, 0) is 11.3 Å². The highest BCUT2D eigenvalue weighted by Gasteiger charge is 2.21. The highest BCUT2D eigenvalue weighted by atomic mass is 16.3. The number of aromatic nitrogens is 2. The van der Waals surface area contributed by atoms with E-state index in [4.69, 9.17) is 0 Å². The summed E-state index contributed by atoms with van der Waals surface area (Å²) >= 11 is 0. The smallest absolute Gasteiger partial charge is 0.236 e. The fraction of sp³-hybridized carbons (Fsp3) is 0.692. The van der Waals surface area contributed by atoms with Crippen molar-refractivity contribution in [1.82, 2.24) is 20.0 Å². The van der Waals surface area contributed by atoms with Crippen molar-refractivity contribution < 1.29 is 9.90 Å². The van der Waals surface area contributed by atoms with Gasteiger partial charge in [0.25, 0.3) is 0 Å². The Morgan fingerprint density at radius 2 is 2.47 bits per heavy atom. The predicted molar refractivity (Wildman–Crippen MR) is 71.5 cm³/mol. The van der Waals surface area contributed by atoms with E-state index < -0.39 is 0 Å². The van der Waals surface area contributed by atoms with Gasteiger partial charge in [-0.3, -0.25) is 14.8 Å². The van der Waals surface area contributed by atoms with E-state index in [0.29, 0.717) is 19.6 Å². The van der Waals surface area contributed by atoms with E-state index in [1.807, 2.05) is 11.8 Å². The lowest BCUT2D eigenvalue weighted by atomic mass is 10.1. The molecule has 0 radical (unpaired) electrons. The second-order valence-electron chi connectivity index (χ2n) is 5.30. The zero-order chi connectivity index (χ0) is 13.8. The van der Waals surface area contributed by atoms with E-state index in [9.17, 15) is 9.90 Å². The van der Waals surface area contributed by atoms with Gasteiger partial charge in [-0.1, -0.05) is 0 Å². The summed E-state index contributed by atoms with van der Waals surface area (Å²) in [4.78, 5) is 15.9. The number of nitrogens with one attached hydrogen (secondary N) is 1. The zero-order valence-electron chi connectivity index (χ0n) is 11.6. The molecule has 0 aromatic carbocycles. The van der Waals surface area contributed by atoms with Crippen LogP contribution in [0.5, 0.6) is 0 Å². The molecule has 2 N–H and O–H groups in total. The van der Waals surface area contributed by atoms with Crippen LogP contribution in [0.15, 0.2) is 6.20 Å². The summed E-state index contributed by atoms with van der Waals surface area (Å²) in [7, 11) is 1.80. The molecule has 0 bridgehead atoms. The first-order valence-electron chi connectivity index (χ1n) is 6.69. The predicted octanol–water partition coefficient (Wildman–Crippen LogP) is 0.133. The molecule has 1 amide bonds. The fourth-order valence-corrected chi connectivity index (χ4v) is 2.37. The van der Waals surface area contributed by atoms with E-state index in [2.05, 4.69) is 10.2 Å². The average Bonchev–Trinajstić information content (AvgIpc) is 2.75. The number of hydrogen-bond donors (Lipinski definition) is 2. The SMILES string of the molecule is Cc1[nH]ncc1CN(C)C(=O)CN1CCC[C@@H](O)C1. The molecule has 0 spiro atoms. The summed E-state index contributed by atoms with van der Waals surface area (Å²) in [5.74, 6) is 0.0784. The number of rotatable bonds is 4. The Balaban J connectivity index is 1.84. The van der Waals surface area contributed by atoms with Crippen LogP contribution < -0.4 is 0 Å². The van der Waals surface area contributed by atoms with Crippen LogP contribution >= 0.6 is 0 Å². The zero-order valence-corrected chi connectivity index (χ0v) is 11.6. The molecular formula is C13H22N4O2. The minimum atomic E-state index is -0.289. The highest BCUT2D eigenvalue weighted by molar-refractivity contribution is 5.78. The molecule has 2 rings (SSSR count). The molecule has 1 aliphatic rings. The van der Waals surface area contributed by atoms with Crippen molar-refractivity contribution in [3.05, 3.63) is 17.5 Å². The molecule has 1 saturated heterocycles. The van der Waals surface area contributed by atoms with Crippen LogP contribution in [-0.4, -0.2) is 63.8 Å². The molecule has 6 heteroatoms. The van der Waals surface area contributed by atoms with Gasteiger partial charge in [0.15, 0.2) is 0 Å². The van der Waals surface area contributed by atoms with Gasteiger partial charge in [0, 0.05) is 31.4 Å². The standard InChI is InChI=1S/C13H22N4O2/c1-10-11(6-14-15-10)7-16(2)13(19)9-17-5-3-4-12(18)8-17/h6,12,18H,3-5,7-9H2,1-2H3,(H,14,15)/t12-/m1/s1. The van der Waals surface area contributed by atoms with E-state index >= 15 is 0 Å². The second-order valence-corrected chi connectivity index (χ2v) is 5.30. The summed E-state index contributed by atoms with van der Waals surface area (Å²) in [6.45, 7) is 4.38. The number of piperidine rings is 1. The lowest BCUT2D eigenvalue weighted by Gasteiger charge is -2.30. The van der Waals surface area contributed by atoms with E-state index in [-0.39, 0.29) is 12.0 Å². The topological polar surface area (TPSA) is 72.5 Å². The molecule has 1 fully saturated rings. The van der Waals surface area contributed by atoms with Crippen molar-refractivity contribution in [1.29, 1.82) is 0 Å². The summed E-state index contributed by atoms with van der Waals surface area (Å²) < 4.78 is 0. The maximum atomic E-state index is 12.1. The number of aliphatic hydroxyl groups is 1. The Morgan fingerprint density at radius 3 is 3.11 bits per heavy atom. The van der Waals surface area contributed by atoms with Crippen molar-refractivity contribution >= 4 is 5.91 Å². The number of aryl methyl sites for hydroxylation is 1. The maximum Gasteiger partial charge on any atom is 0.236 e. The lowest BCUT2D eigenvalue weighted by molar-refractivity contribution is -0.132. The van der Waals surface area contributed by atoms with Gasteiger partial charge < -0.3 is 10.0 Å². The van der Waals surface area contributed by atoms with Crippen molar-refractivity contribution in [2.75, 3.05) is 26.7 Å². The molecule has 1 aliphatic heterocycles. The summed E-state index contributed by atoms with van der Waals surface area (Å²) in [5.41, 5.74) is 2.03. The molecule has 0 saturated carbocycles. The van der Waals surface area contributed by atoms with Crippen LogP contribution in [0, 0.1) is 6.92 Å². The van der Waals surface area contributed by atoms with E-state index in [1.165, 1.54) is 0 Å². The largest absolute Gasteiger partial charge is 0.392 e. The number of H-pyrrole nitrogens is 1. The molecule has 2 heterocycles. The number of amides is 1. The first-order chi connectivity index (χ1) is 9.06. The van der Waals surface area contributed by atoms with Gasteiger partial charge in [-0.25, -0.2) is 0 Å². The Labute approximate surface area is 113 Å². The van der Waals surface area contributed by atoms with Gasteiger partial charge in [0.2, 0.25) is 5.91 Å². The van der Waals surface area contributed by atoms with Gasteiger partial charge in [-0.15, -0.1) is 0 Å². The average molecular weight is 266 g/mol. The number of likely N-dealkylation sites (tertiary alicyclic amines) is 1. The second kappa shape index (κ2) is 6.16. The molecule has 19 heavy (non-hydrogen) atoms. The van der Waals surface area contributed by atoms with Crippen LogP contribution in [0.3, 0.4) is 0 Å². The number of carbonyl (C=O) groups is 1. The highest BCUT2D eigenvalue weighted by Crippen LogP contribution is 2.11. The molecule has 1 atom stereocenters. The number of aliphatic hydroxyl groups excluding tert-OH is 1. The first-order valence-corrected chi connectivity index (χ1v) is 6.69. The van der Waals surface area contributed by atoms with E-state index in [0.717, 1.165) is 30.6 Å². The van der Waals surface area contributed by atoms with Crippen molar-refractivity contribution in [3.63, 3.8) is 0 Å². The molecule has 0 unspecified atom stereocenters. The van der Waals surface area contributed by atoms with Crippen LogP contribution in [0.2, 0.25) is 0 Å². The molecule has 6 nitrogen and oxygen atoms in total. The summed E-state index contributed by atoms with van der Waals surface area (Å²) in [6, 6.07) is 0. The number of aromatic amines is 1. The molecule has 1 aromatic heterocycles. The number of likely N-dealkylation sites (N-methyl/N-ethyl adjacent to an activating group) is 1. The molecule has 1 aromatic rings. The summed E-state index contributed by atoms with van der Waals surface area (Å²) in [6.07, 6.45) is 3.26. The number of nitrogens with zero attached hydrogens (tertiary/aromatic N) is 3. The van der Waals surface area contributed by atoms with Crippen molar-refractivity contribution in [2.45, 2.75) is 32.4 Å². The Hall–Kier alpha value is -1.40. The normalized spacial score (nSPS) is 20.5. The Bertz CT molecular complexity index is 432. The molecule has 0 aliphatic carbocycles. The van der Waals surface area contributed by atoms with Crippen LogP contribution in [0.1, 0.15) is 24.1 Å². The van der Waals surface area contributed by atoms with Gasteiger partial charge in [0.05, 0.1) is 18.8 Å². The Morgan fingerprint density at radius 1 is 1.68 bits per heavy atom. The minimum absolute atomic E-state index is 0.0784. The molecular weight excluding hydrogens is 244 g/mol. The third kappa shape index (κ3) is 3.78. The number of carbonyl (C=O) groups excluding carboxylic acids is 1. The first kappa shape index (κ1) is 14.0. The monoisotopic (exact) mass is 266 g/mol. The summed E-state index contributed by atoms with van der Waals surface area (Å²) in [5, 5.41) is 16.4. The van der Waals surface area contributed by atoms with Crippen molar-refractivity contribution in [3.8, 4) is 0 Å². The lowest BCUT2D eigenvalue weighted by Crippen LogP contribution is -2.44. The fourth-order valence-electron chi connectivity index (χ4n) is 2.37. The number of β-amino-alcohol motifs (C(OH)–C–C–N with tert-alkyl or cyclic N) is 1. The molecule has 106 valence electrons. The number of hydrogen-bond acceptors (Lipinski definition) is 4. The van der Waals surface area contributed by atoms with Crippen LogP contribution in [0.25, 0.3) is 0 Å². The third-order valence-electron chi connectivity index (χ3n) is 3.61. The van der Waals surface area contributed by atoms with Crippen molar-refractivity contribution in [2.24, 2.45) is 0 Å². The minimum Gasteiger partial charge on any atom is -0.392 e. The van der Waals surface area contributed by atoms with Gasteiger partial charge >= 0.3 is 0 Å². The Kier molecular flexibility index (Phi) is 4.55. The van der Waals surface area contributed by atoms with Crippen LogP contribution in [0.4, 0.5) is 0 Å². The maximum absolute atomic E-state index is 12.1. The quantitative estimate of drug-likeness (QED) is 0.813. The van der Waals surface area contributed by atoms with E-state index in [1.54, 1.807) is 18.1 Å². The third-order valence-corrected chi connectivity index (χ3v) is 3.61. The van der Waals surface area contributed by atoms with Gasteiger partial charge in [-0.2, -0.15) is 5.10 Å².